The molecule has 0 fully saturated rings. The van der Waals surface area contributed by atoms with Crippen molar-refractivity contribution in [3.63, 3.8) is 0 Å². The monoisotopic (exact) mass is 279 g/mol. The second-order valence-electron chi connectivity index (χ2n) is 5.29. The average Bonchev–Trinajstić information content (AvgIpc) is 2.33. The molecule has 0 atom stereocenters. The van der Waals surface area contributed by atoms with E-state index < -0.39 is 5.82 Å². The van der Waals surface area contributed by atoms with Crippen LogP contribution in [0.15, 0.2) is 30.5 Å². The molecule has 0 aliphatic heterocycles. The summed E-state index contributed by atoms with van der Waals surface area (Å²) in [5.74, 6) is -0.465. The van der Waals surface area contributed by atoms with Gasteiger partial charge in [-0.2, -0.15) is 4.98 Å². The molecule has 19 heavy (non-hydrogen) atoms. The van der Waals surface area contributed by atoms with E-state index >= 15 is 0 Å². The molecule has 2 aromatic rings. The van der Waals surface area contributed by atoms with Crippen LogP contribution >= 0.6 is 11.6 Å². The van der Waals surface area contributed by atoms with Crippen molar-refractivity contribution in [3.05, 3.63) is 47.1 Å². The van der Waals surface area contributed by atoms with E-state index in [1.54, 1.807) is 0 Å². The fraction of sp³-hybridized carbons (Fsp3) is 0.286. The van der Waals surface area contributed by atoms with Gasteiger partial charge in [0.25, 0.3) is 0 Å². The van der Waals surface area contributed by atoms with Crippen molar-refractivity contribution < 1.29 is 4.39 Å². The molecule has 1 aromatic carbocycles. The third-order valence-electron chi connectivity index (χ3n) is 2.73. The summed E-state index contributed by atoms with van der Waals surface area (Å²) >= 11 is 5.64. The van der Waals surface area contributed by atoms with E-state index in [1.807, 2.05) is 24.3 Å². The van der Waals surface area contributed by atoms with Crippen molar-refractivity contribution in [2.75, 3.05) is 5.32 Å². The fourth-order valence-electron chi connectivity index (χ4n) is 1.62. The first kappa shape index (κ1) is 13.7. The Hall–Kier alpha value is -1.68. The lowest BCUT2D eigenvalue weighted by Gasteiger charge is -2.19. The van der Waals surface area contributed by atoms with Gasteiger partial charge < -0.3 is 5.32 Å². The minimum Gasteiger partial charge on any atom is -0.338 e. The van der Waals surface area contributed by atoms with Gasteiger partial charge in [0, 0.05) is 5.69 Å². The summed E-state index contributed by atoms with van der Waals surface area (Å²) in [5, 5.41) is 2.89. The van der Waals surface area contributed by atoms with E-state index in [0.29, 0.717) is 0 Å². The summed E-state index contributed by atoms with van der Waals surface area (Å²) in [5.41, 5.74) is 2.04. The Labute approximate surface area is 116 Å². The molecule has 1 N–H and O–H groups in total. The zero-order valence-electron chi connectivity index (χ0n) is 11.0. The molecule has 5 heteroatoms. The third kappa shape index (κ3) is 3.41. The molecule has 0 saturated carbocycles. The number of aromatic nitrogens is 2. The summed E-state index contributed by atoms with van der Waals surface area (Å²) in [6.45, 7) is 6.41. The van der Waals surface area contributed by atoms with Gasteiger partial charge in [-0.1, -0.05) is 32.9 Å². The molecule has 0 aliphatic carbocycles. The van der Waals surface area contributed by atoms with Crippen LogP contribution in [0.25, 0.3) is 0 Å². The van der Waals surface area contributed by atoms with E-state index in [2.05, 4.69) is 36.1 Å². The summed E-state index contributed by atoms with van der Waals surface area (Å²) < 4.78 is 13.5. The maximum absolute atomic E-state index is 13.5. The Morgan fingerprint density at radius 1 is 1.16 bits per heavy atom. The summed E-state index contributed by atoms with van der Waals surface area (Å²) in [7, 11) is 0. The number of nitrogens with one attached hydrogen (secondary N) is 1. The quantitative estimate of drug-likeness (QED) is 0.833. The molecule has 0 spiro atoms. The van der Waals surface area contributed by atoms with Crippen LogP contribution in [0.3, 0.4) is 0 Å². The Morgan fingerprint density at radius 2 is 1.79 bits per heavy atom. The summed E-state index contributed by atoms with van der Waals surface area (Å²) in [6, 6.07) is 7.78. The maximum Gasteiger partial charge on any atom is 0.224 e. The van der Waals surface area contributed by atoms with Gasteiger partial charge in [0.2, 0.25) is 5.28 Å². The fourth-order valence-corrected chi connectivity index (χ4v) is 1.76. The van der Waals surface area contributed by atoms with Crippen LogP contribution in [0, 0.1) is 5.82 Å². The molecule has 100 valence electrons. The average molecular weight is 280 g/mol. The van der Waals surface area contributed by atoms with Crippen LogP contribution in [-0.4, -0.2) is 9.97 Å². The summed E-state index contributed by atoms with van der Waals surface area (Å²) in [4.78, 5) is 7.37. The van der Waals surface area contributed by atoms with Gasteiger partial charge in [0.15, 0.2) is 11.6 Å². The first-order valence-corrected chi connectivity index (χ1v) is 6.29. The molecule has 0 amide bonds. The van der Waals surface area contributed by atoms with Crippen molar-refractivity contribution in [1.82, 2.24) is 9.97 Å². The predicted molar refractivity (Wildman–Crippen MR) is 75.4 cm³/mol. The normalized spacial score (nSPS) is 11.4. The van der Waals surface area contributed by atoms with Gasteiger partial charge >= 0.3 is 0 Å². The maximum atomic E-state index is 13.5. The van der Waals surface area contributed by atoms with E-state index in [0.717, 1.165) is 11.9 Å². The molecule has 0 unspecified atom stereocenters. The van der Waals surface area contributed by atoms with E-state index in [9.17, 15) is 4.39 Å². The highest BCUT2D eigenvalue weighted by molar-refractivity contribution is 6.28. The van der Waals surface area contributed by atoms with Gasteiger partial charge in [0.05, 0.1) is 6.20 Å². The lowest BCUT2D eigenvalue weighted by Crippen LogP contribution is -2.10. The highest BCUT2D eigenvalue weighted by Gasteiger charge is 2.13. The number of hydrogen-bond acceptors (Lipinski definition) is 3. The smallest absolute Gasteiger partial charge is 0.224 e. The van der Waals surface area contributed by atoms with Crippen LogP contribution in [0.2, 0.25) is 5.28 Å². The number of halogens is 2. The number of nitrogens with zero attached hydrogens (tertiary/aromatic N) is 2. The van der Waals surface area contributed by atoms with Crippen molar-refractivity contribution in [2.24, 2.45) is 0 Å². The van der Waals surface area contributed by atoms with Gasteiger partial charge in [0.1, 0.15) is 0 Å². The van der Waals surface area contributed by atoms with Crippen molar-refractivity contribution in [3.8, 4) is 0 Å². The molecular weight excluding hydrogens is 265 g/mol. The lowest BCUT2D eigenvalue weighted by atomic mass is 9.87. The van der Waals surface area contributed by atoms with Crippen LogP contribution < -0.4 is 5.32 Å². The molecule has 1 heterocycles. The molecule has 0 bridgehead atoms. The molecule has 1 aromatic heterocycles. The molecule has 0 saturated heterocycles. The van der Waals surface area contributed by atoms with Crippen LogP contribution in [0.5, 0.6) is 0 Å². The Morgan fingerprint density at radius 3 is 2.37 bits per heavy atom. The molecule has 3 nitrogen and oxygen atoms in total. The number of anilines is 2. The Kier molecular flexibility index (Phi) is 3.71. The number of hydrogen-bond donors (Lipinski definition) is 1. The van der Waals surface area contributed by atoms with Gasteiger partial charge in [-0.3, -0.25) is 0 Å². The zero-order valence-corrected chi connectivity index (χ0v) is 11.8. The van der Waals surface area contributed by atoms with E-state index in [4.69, 9.17) is 11.6 Å². The summed E-state index contributed by atoms with van der Waals surface area (Å²) in [6.07, 6.45) is 1.04. The molecule has 2 rings (SSSR count). The van der Waals surface area contributed by atoms with Crippen LogP contribution in [0.1, 0.15) is 26.3 Å². The van der Waals surface area contributed by atoms with Gasteiger partial charge in [-0.25, -0.2) is 9.37 Å². The lowest BCUT2D eigenvalue weighted by molar-refractivity contribution is 0.590. The SMILES string of the molecule is CC(C)(C)c1ccc(Nc2nc(Cl)ncc2F)cc1. The zero-order chi connectivity index (χ0) is 14.0. The van der Waals surface area contributed by atoms with Crippen LogP contribution in [0.4, 0.5) is 15.9 Å². The Bertz CT molecular complexity index is 576. The highest BCUT2D eigenvalue weighted by atomic mass is 35.5. The molecule has 0 aliphatic rings. The van der Waals surface area contributed by atoms with Crippen LogP contribution in [-0.2, 0) is 5.41 Å². The molecule has 0 radical (unpaired) electrons. The van der Waals surface area contributed by atoms with Gasteiger partial charge in [-0.05, 0) is 34.7 Å². The second kappa shape index (κ2) is 5.13. The first-order valence-electron chi connectivity index (χ1n) is 5.92. The highest BCUT2D eigenvalue weighted by Crippen LogP contribution is 2.25. The minimum atomic E-state index is -0.538. The number of rotatable bonds is 2. The van der Waals surface area contributed by atoms with E-state index in [1.165, 1.54) is 5.56 Å². The first-order chi connectivity index (χ1) is 8.86. The largest absolute Gasteiger partial charge is 0.338 e. The van der Waals surface area contributed by atoms with Crippen molar-refractivity contribution in [2.45, 2.75) is 26.2 Å². The topological polar surface area (TPSA) is 37.8 Å². The molecular formula is C14H15ClFN3. The van der Waals surface area contributed by atoms with Crippen molar-refractivity contribution in [1.29, 1.82) is 0 Å². The third-order valence-corrected chi connectivity index (χ3v) is 2.91. The second-order valence-corrected chi connectivity index (χ2v) is 5.63. The number of benzene rings is 1. The minimum absolute atomic E-state index is 0.00946. The Balaban J connectivity index is 2.22. The van der Waals surface area contributed by atoms with Crippen molar-refractivity contribution >= 4 is 23.1 Å². The van der Waals surface area contributed by atoms with E-state index in [-0.39, 0.29) is 16.5 Å². The standard InChI is InChI=1S/C14H15ClFN3/c1-14(2,3)9-4-6-10(7-5-9)18-12-11(16)8-17-13(15)19-12/h4-8H,1-3H3,(H,17,18,19). The predicted octanol–water partition coefficient (Wildman–Crippen LogP) is 4.31. The van der Waals surface area contributed by atoms with Gasteiger partial charge in [-0.15, -0.1) is 0 Å².